The van der Waals surface area contributed by atoms with E-state index in [2.05, 4.69) is 10.3 Å². The lowest BCUT2D eigenvalue weighted by atomic mass is 10.1. The molecule has 4 aromatic rings. The number of amides is 1. The molecule has 0 saturated heterocycles. The Morgan fingerprint density at radius 3 is 2.05 bits per heavy atom. The van der Waals surface area contributed by atoms with Crippen LogP contribution in [0.5, 0.6) is 11.6 Å². The Kier molecular flexibility index (Phi) is 9.47. The number of benzene rings is 3. The second-order valence-electron chi connectivity index (χ2n) is 9.24. The van der Waals surface area contributed by atoms with Gasteiger partial charge in [-0.2, -0.15) is 8.42 Å². The van der Waals surface area contributed by atoms with Crippen molar-refractivity contribution in [1.29, 1.82) is 0 Å². The van der Waals surface area contributed by atoms with Crippen LogP contribution in [0.1, 0.15) is 45.6 Å². The molecule has 1 aromatic heterocycles. The van der Waals surface area contributed by atoms with Crippen LogP contribution >= 0.6 is 0 Å². The number of ether oxygens (including phenoxy) is 2. The zero-order chi connectivity index (χ0) is 28.5. The lowest BCUT2D eigenvalue weighted by Crippen LogP contribution is -2.25. The molecule has 1 amide bonds. The van der Waals surface area contributed by atoms with Gasteiger partial charge in [0, 0.05) is 18.2 Å². The second-order valence-corrected chi connectivity index (χ2v) is 10.7. The van der Waals surface area contributed by atoms with Crippen molar-refractivity contribution in [2.24, 2.45) is 0 Å². The summed E-state index contributed by atoms with van der Waals surface area (Å²) in [6.45, 7) is 1.90. The van der Waals surface area contributed by atoms with Gasteiger partial charge in [0.2, 0.25) is 0 Å². The summed E-state index contributed by atoms with van der Waals surface area (Å²) >= 11 is 0. The van der Waals surface area contributed by atoms with Crippen molar-refractivity contribution in [1.82, 2.24) is 10.3 Å². The number of halogens is 1. The highest BCUT2D eigenvalue weighted by molar-refractivity contribution is 7.85. The van der Waals surface area contributed by atoms with Gasteiger partial charge in [0.1, 0.15) is 19.0 Å². The molecule has 0 aliphatic carbocycles. The first-order valence-corrected chi connectivity index (χ1v) is 14.1. The van der Waals surface area contributed by atoms with Crippen LogP contribution in [0.4, 0.5) is 4.39 Å². The third kappa shape index (κ3) is 8.36. The molecule has 3 aromatic carbocycles. The molecule has 1 unspecified atom stereocenters. The number of aromatic nitrogens is 1. The molecule has 0 fully saturated rings. The maximum Gasteiger partial charge on any atom is 0.265 e. The van der Waals surface area contributed by atoms with Gasteiger partial charge in [-0.3, -0.25) is 9.35 Å². The maximum atomic E-state index is 13.5. The molecule has 10 heteroatoms. The monoisotopic (exact) mass is 564 g/mol. The molecule has 0 aliphatic heterocycles. The van der Waals surface area contributed by atoms with E-state index in [4.69, 9.17) is 9.47 Å². The minimum atomic E-state index is -4.32. The van der Waals surface area contributed by atoms with E-state index in [0.29, 0.717) is 5.56 Å². The smallest absolute Gasteiger partial charge is 0.265 e. The average molecular weight is 565 g/mol. The standard InChI is InChI=1S/C30H29FN2O6S/c1-21(20-40(35,36)37)27-16-26(29(34)32-17-22-12-14-25(31)15-13-22)28(38-18-23-8-4-2-5-9-23)30(33-27)39-19-24-10-6-3-7-11-24/h2-16,21H,17-20H2,1H3,(H,32,34)(H,35,36,37). The fourth-order valence-corrected chi connectivity index (χ4v) is 4.73. The van der Waals surface area contributed by atoms with Crippen molar-refractivity contribution in [2.75, 3.05) is 5.75 Å². The van der Waals surface area contributed by atoms with E-state index in [-0.39, 0.29) is 42.6 Å². The van der Waals surface area contributed by atoms with Crippen LogP contribution in [-0.2, 0) is 29.9 Å². The van der Waals surface area contributed by atoms with E-state index in [1.807, 2.05) is 60.7 Å². The van der Waals surface area contributed by atoms with Gasteiger partial charge in [-0.05, 0) is 34.9 Å². The first-order valence-electron chi connectivity index (χ1n) is 12.5. The van der Waals surface area contributed by atoms with Gasteiger partial charge in [-0.15, -0.1) is 0 Å². The molecule has 1 heterocycles. The van der Waals surface area contributed by atoms with Crippen LogP contribution in [0, 0.1) is 5.82 Å². The molecule has 0 saturated carbocycles. The molecule has 1 atom stereocenters. The van der Waals surface area contributed by atoms with Gasteiger partial charge in [-0.25, -0.2) is 9.37 Å². The van der Waals surface area contributed by atoms with Crippen LogP contribution in [-0.4, -0.2) is 29.6 Å². The minimum Gasteiger partial charge on any atom is -0.483 e. The van der Waals surface area contributed by atoms with Gasteiger partial charge in [-0.1, -0.05) is 79.7 Å². The largest absolute Gasteiger partial charge is 0.483 e. The Morgan fingerprint density at radius 1 is 0.900 bits per heavy atom. The number of hydrogen-bond acceptors (Lipinski definition) is 6. The summed E-state index contributed by atoms with van der Waals surface area (Å²) in [5, 5.41) is 2.80. The number of pyridine rings is 1. The zero-order valence-electron chi connectivity index (χ0n) is 21.8. The minimum absolute atomic E-state index is 0.00593. The van der Waals surface area contributed by atoms with Crippen LogP contribution in [0.25, 0.3) is 0 Å². The van der Waals surface area contributed by atoms with E-state index in [1.165, 1.54) is 18.2 Å². The Hall–Kier alpha value is -4.28. The number of carbonyl (C=O) groups excluding carboxylic acids is 1. The highest BCUT2D eigenvalue weighted by atomic mass is 32.2. The first kappa shape index (κ1) is 28.7. The Labute approximate surface area is 232 Å². The highest BCUT2D eigenvalue weighted by Crippen LogP contribution is 2.34. The summed E-state index contributed by atoms with van der Waals surface area (Å²) in [7, 11) is -4.32. The fourth-order valence-electron chi connectivity index (χ4n) is 3.92. The average Bonchev–Trinajstić information content (AvgIpc) is 2.94. The van der Waals surface area contributed by atoms with Gasteiger partial charge < -0.3 is 14.8 Å². The van der Waals surface area contributed by atoms with Crippen molar-refractivity contribution in [3.63, 3.8) is 0 Å². The van der Waals surface area contributed by atoms with Crippen molar-refractivity contribution in [2.45, 2.75) is 32.6 Å². The highest BCUT2D eigenvalue weighted by Gasteiger charge is 2.25. The molecule has 0 spiro atoms. The summed E-state index contributed by atoms with van der Waals surface area (Å²) in [5.74, 6) is -2.19. The van der Waals surface area contributed by atoms with E-state index in [1.54, 1.807) is 19.1 Å². The molecule has 0 aliphatic rings. The van der Waals surface area contributed by atoms with Crippen molar-refractivity contribution < 1.29 is 31.6 Å². The molecule has 208 valence electrons. The maximum absolute atomic E-state index is 13.5. The summed E-state index contributed by atoms with van der Waals surface area (Å²) in [4.78, 5) is 18.0. The van der Waals surface area contributed by atoms with Crippen molar-refractivity contribution in [3.05, 3.63) is 125 Å². The summed E-state index contributed by atoms with van der Waals surface area (Å²) < 4.78 is 58.1. The Morgan fingerprint density at radius 2 is 1.48 bits per heavy atom. The fraction of sp³-hybridized carbons (Fsp3) is 0.200. The number of hydrogen-bond donors (Lipinski definition) is 2. The van der Waals surface area contributed by atoms with E-state index < -0.39 is 33.5 Å². The SMILES string of the molecule is CC(CS(=O)(=O)O)c1cc(C(=O)NCc2ccc(F)cc2)c(OCc2ccccc2)c(OCc2ccccc2)n1. The molecule has 2 N–H and O–H groups in total. The summed E-state index contributed by atoms with van der Waals surface area (Å²) in [6.07, 6.45) is 0. The van der Waals surface area contributed by atoms with Crippen molar-refractivity contribution in [3.8, 4) is 11.6 Å². The van der Waals surface area contributed by atoms with Crippen LogP contribution in [0.2, 0.25) is 0 Å². The third-order valence-corrected chi connectivity index (χ3v) is 6.90. The summed E-state index contributed by atoms with van der Waals surface area (Å²) in [6, 6.07) is 25.8. The molecule has 0 bridgehead atoms. The van der Waals surface area contributed by atoms with Gasteiger partial charge in [0.05, 0.1) is 11.3 Å². The lowest BCUT2D eigenvalue weighted by molar-refractivity contribution is 0.0944. The van der Waals surface area contributed by atoms with Crippen LogP contribution in [0.15, 0.2) is 91.0 Å². The van der Waals surface area contributed by atoms with E-state index >= 15 is 0 Å². The van der Waals surface area contributed by atoms with E-state index in [9.17, 15) is 22.2 Å². The second kappa shape index (κ2) is 13.2. The Bertz CT molecular complexity index is 1530. The number of carbonyl (C=O) groups is 1. The van der Waals surface area contributed by atoms with E-state index in [0.717, 1.165) is 11.1 Å². The quantitative estimate of drug-likeness (QED) is 0.224. The molecule has 8 nitrogen and oxygen atoms in total. The molecular weight excluding hydrogens is 535 g/mol. The van der Waals surface area contributed by atoms with Gasteiger partial charge in [0.15, 0.2) is 5.75 Å². The zero-order valence-corrected chi connectivity index (χ0v) is 22.6. The molecular formula is C30H29FN2O6S. The van der Waals surface area contributed by atoms with Crippen molar-refractivity contribution >= 4 is 16.0 Å². The number of rotatable bonds is 12. The first-order chi connectivity index (χ1) is 19.2. The van der Waals surface area contributed by atoms with Crippen LogP contribution < -0.4 is 14.8 Å². The number of nitrogens with one attached hydrogen (secondary N) is 1. The van der Waals surface area contributed by atoms with Gasteiger partial charge >= 0.3 is 0 Å². The number of nitrogens with zero attached hydrogens (tertiary/aromatic N) is 1. The Balaban J connectivity index is 1.72. The summed E-state index contributed by atoms with van der Waals surface area (Å²) in [5.41, 5.74) is 2.67. The normalized spacial score (nSPS) is 12.0. The lowest BCUT2D eigenvalue weighted by Gasteiger charge is -2.19. The van der Waals surface area contributed by atoms with Crippen LogP contribution in [0.3, 0.4) is 0 Å². The predicted molar refractivity (Wildman–Crippen MR) is 148 cm³/mol. The van der Waals surface area contributed by atoms with Gasteiger partial charge in [0.25, 0.3) is 21.9 Å². The third-order valence-electron chi connectivity index (χ3n) is 5.98. The molecule has 4 rings (SSSR count). The predicted octanol–water partition coefficient (Wildman–Crippen LogP) is 5.30. The molecule has 40 heavy (non-hydrogen) atoms. The molecule has 0 radical (unpaired) electrons. The topological polar surface area (TPSA) is 115 Å².